The molecule has 1 heterocycles. The summed E-state index contributed by atoms with van der Waals surface area (Å²) < 4.78 is 4.58. The van der Waals surface area contributed by atoms with Crippen LogP contribution in [0.3, 0.4) is 0 Å². The van der Waals surface area contributed by atoms with Crippen LogP contribution in [0, 0.1) is 5.41 Å². The molecule has 1 aromatic heterocycles. The molecule has 0 amide bonds. The largest absolute Gasteiger partial charge is 0.465 e. The smallest absolute Gasteiger partial charge is 0.348 e. The number of carbonyl (C=O) groups excluding carboxylic acids is 1. The van der Waals surface area contributed by atoms with E-state index in [2.05, 4.69) is 4.74 Å². The molecule has 5 heteroatoms. The molecule has 0 fully saturated rings. The molecular weight excluding hydrogens is 188 g/mol. The SMILES string of the molecule is COC(=O)c1sccc1CC(=N)N. The highest BCUT2D eigenvalue weighted by Gasteiger charge is 2.13. The fourth-order valence-electron chi connectivity index (χ4n) is 0.952. The molecule has 0 saturated carbocycles. The van der Waals surface area contributed by atoms with Crippen molar-refractivity contribution in [3.63, 3.8) is 0 Å². The average molecular weight is 198 g/mol. The summed E-state index contributed by atoms with van der Waals surface area (Å²) in [5.41, 5.74) is 5.98. The fraction of sp³-hybridized carbons (Fsp3) is 0.250. The van der Waals surface area contributed by atoms with Crippen molar-refractivity contribution in [2.75, 3.05) is 7.11 Å². The van der Waals surface area contributed by atoms with Crippen LogP contribution in [0.15, 0.2) is 11.4 Å². The van der Waals surface area contributed by atoms with Crippen LogP contribution in [-0.4, -0.2) is 18.9 Å². The quantitative estimate of drug-likeness (QED) is 0.432. The number of methoxy groups -OCH3 is 1. The van der Waals surface area contributed by atoms with Crippen LogP contribution >= 0.6 is 11.3 Å². The summed E-state index contributed by atoms with van der Waals surface area (Å²) in [4.78, 5) is 11.7. The molecule has 3 N–H and O–H groups in total. The van der Waals surface area contributed by atoms with E-state index in [4.69, 9.17) is 11.1 Å². The minimum absolute atomic E-state index is 0.0450. The number of thiophene rings is 1. The van der Waals surface area contributed by atoms with Crippen LogP contribution < -0.4 is 5.73 Å². The van der Waals surface area contributed by atoms with Crippen LogP contribution in [0.25, 0.3) is 0 Å². The van der Waals surface area contributed by atoms with Crippen molar-refractivity contribution in [2.24, 2.45) is 5.73 Å². The first-order chi connectivity index (χ1) is 6.15. The van der Waals surface area contributed by atoms with Gasteiger partial charge in [0.15, 0.2) is 0 Å². The van der Waals surface area contributed by atoms with E-state index in [1.165, 1.54) is 18.4 Å². The zero-order chi connectivity index (χ0) is 9.84. The molecule has 0 aliphatic heterocycles. The van der Waals surface area contributed by atoms with Crippen molar-refractivity contribution in [1.29, 1.82) is 5.41 Å². The fourth-order valence-corrected chi connectivity index (χ4v) is 1.79. The first kappa shape index (κ1) is 9.73. The number of ether oxygens (including phenoxy) is 1. The number of amidine groups is 1. The van der Waals surface area contributed by atoms with Crippen LogP contribution in [0.5, 0.6) is 0 Å². The highest BCUT2D eigenvalue weighted by atomic mass is 32.1. The molecule has 4 nitrogen and oxygen atoms in total. The molecule has 0 atom stereocenters. The predicted molar refractivity (Wildman–Crippen MR) is 51.3 cm³/mol. The minimum atomic E-state index is -0.369. The Bertz CT molecular complexity index is 333. The number of hydrogen-bond acceptors (Lipinski definition) is 4. The number of carbonyl (C=O) groups is 1. The molecular formula is C8H10N2O2S. The normalized spacial score (nSPS) is 9.62. The van der Waals surface area contributed by atoms with Gasteiger partial charge in [-0.25, -0.2) is 4.79 Å². The Balaban J connectivity index is 2.89. The first-order valence-electron chi connectivity index (χ1n) is 3.62. The van der Waals surface area contributed by atoms with Crippen molar-refractivity contribution < 1.29 is 9.53 Å². The lowest BCUT2D eigenvalue weighted by atomic mass is 10.2. The summed E-state index contributed by atoms with van der Waals surface area (Å²) in [7, 11) is 1.33. The van der Waals surface area contributed by atoms with E-state index < -0.39 is 0 Å². The van der Waals surface area contributed by atoms with E-state index in [0.717, 1.165) is 5.56 Å². The van der Waals surface area contributed by atoms with E-state index in [-0.39, 0.29) is 11.8 Å². The van der Waals surface area contributed by atoms with E-state index >= 15 is 0 Å². The number of rotatable bonds is 3. The zero-order valence-corrected chi connectivity index (χ0v) is 7.98. The molecule has 0 aromatic carbocycles. The van der Waals surface area contributed by atoms with Gasteiger partial charge in [-0.2, -0.15) is 0 Å². The van der Waals surface area contributed by atoms with Gasteiger partial charge in [0.05, 0.1) is 12.9 Å². The van der Waals surface area contributed by atoms with Gasteiger partial charge < -0.3 is 10.5 Å². The Morgan fingerprint density at radius 1 is 1.77 bits per heavy atom. The first-order valence-corrected chi connectivity index (χ1v) is 4.50. The standard InChI is InChI=1S/C8H10N2O2S/c1-12-8(11)7-5(2-3-13-7)4-6(9)10/h2-3H,4H2,1H3,(H3,9,10). The van der Waals surface area contributed by atoms with Gasteiger partial charge in [0.1, 0.15) is 4.88 Å². The summed E-state index contributed by atoms with van der Waals surface area (Å²) >= 11 is 1.30. The Morgan fingerprint density at radius 2 is 2.46 bits per heavy atom. The molecule has 0 radical (unpaired) electrons. The third-order valence-electron chi connectivity index (χ3n) is 1.50. The van der Waals surface area contributed by atoms with Crippen LogP contribution in [0.2, 0.25) is 0 Å². The Kier molecular flexibility index (Phi) is 3.02. The van der Waals surface area contributed by atoms with Crippen molar-refractivity contribution in [1.82, 2.24) is 0 Å². The lowest BCUT2D eigenvalue weighted by Gasteiger charge is -1.99. The second-order valence-electron chi connectivity index (χ2n) is 2.47. The molecule has 0 aliphatic rings. The predicted octanol–water partition coefficient (Wildman–Crippen LogP) is 1.01. The van der Waals surface area contributed by atoms with Gasteiger partial charge >= 0.3 is 5.97 Å². The number of hydrogen-bond donors (Lipinski definition) is 2. The van der Waals surface area contributed by atoms with Crippen LogP contribution in [-0.2, 0) is 11.2 Å². The van der Waals surface area contributed by atoms with Gasteiger partial charge in [-0.1, -0.05) is 0 Å². The Labute approximate surface area is 79.8 Å². The van der Waals surface area contributed by atoms with E-state index in [1.807, 2.05) is 0 Å². The van der Waals surface area contributed by atoms with E-state index in [1.54, 1.807) is 11.4 Å². The van der Waals surface area contributed by atoms with Crippen LogP contribution in [0.1, 0.15) is 15.2 Å². The second-order valence-corrected chi connectivity index (χ2v) is 3.38. The molecule has 0 spiro atoms. The maximum absolute atomic E-state index is 11.2. The molecule has 0 bridgehead atoms. The Hall–Kier alpha value is -1.36. The highest BCUT2D eigenvalue weighted by Crippen LogP contribution is 2.18. The monoisotopic (exact) mass is 198 g/mol. The number of nitrogens with one attached hydrogen (secondary N) is 1. The average Bonchev–Trinajstić information content (AvgIpc) is 2.50. The third-order valence-corrected chi connectivity index (χ3v) is 2.44. The third kappa shape index (κ3) is 2.29. The van der Waals surface area contributed by atoms with E-state index in [0.29, 0.717) is 11.3 Å². The molecule has 70 valence electrons. The maximum atomic E-state index is 11.2. The van der Waals surface area contributed by atoms with E-state index in [9.17, 15) is 4.79 Å². The summed E-state index contributed by atoms with van der Waals surface area (Å²) in [6.07, 6.45) is 0.300. The molecule has 1 aromatic rings. The zero-order valence-electron chi connectivity index (χ0n) is 7.16. The molecule has 13 heavy (non-hydrogen) atoms. The van der Waals surface area contributed by atoms with Crippen molar-refractivity contribution in [2.45, 2.75) is 6.42 Å². The lowest BCUT2D eigenvalue weighted by molar-refractivity contribution is 0.0605. The summed E-state index contributed by atoms with van der Waals surface area (Å²) in [6.45, 7) is 0. The minimum Gasteiger partial charge on any atom is -0.465 e. The second kappa shape index (κ2) is 4.04. The van der Waals surface area contributed by atoms with Crippen molar-refractivity contribution in [3.8, 4) is 0 Å². The molecule has 0 saturated heterocycles. The van der Waals surface area contributed by atoms with Gasteiger partial charge in [-0.15, -0.1) is 11.3 Å². The number of esters is 1. The lowest BCUT2D eigenvalue weighted by Crippen LogP contribution is -2.14. The highest BCUT2D eigenvalue weighted by molar-refractivity contribution is 7.12. The molecule has 1 rings (SSSR count). The molecule has 0 aliphatic carbocycles. The molecule has 0 unspecified atom stereocenters. The van der Waals surface area contributed by atoms with Gasteiger partial charge in [-0.05, 0) is 17.0 Å². The maximum Gasteiger partial charge on any atom is 0.348 e. The van der Waals surface area contributed by atoms with Gasteiger partial charge in [-0.3, -0.25) is 5.41 Å². The number of nitrogens with two attached hydrogens (primary N) is 1. The topological polar surface area (TPSA) is 76.2 Å². The van der Waals surface area contributed by atoms with Gasteiger partial charge in [0.2, 0.25) is 0 Å². The van der Waals surface area contributed by atoms with Gasteiger partial charge in [0.25, 0.3) is 0 Å². The Morgan fingerprint density at radius 3 is 3.00 bits per heavy atom. The van der Waals surface area contributed by atoms with Crippen molar-refractivity contribution in [3.05, 3.63) is 21.9 Å². The van der Waals surface area contributed by atoms with Gasteiger partial charge in [0, 0.05) is 6.42 Å². The van der Waals surface area contributed by atoms with Crippen molar-refractivity contribution >= 4 is 23.1 Å². The summed E-state index contributed by atoms with van der Waals surface area (Å²) in [5, 5.41) is 8.88. The summed E-state index contributed by atoms with van der Waals surface area (Å²) in [6, 6.07) is 1.78. The summed E-state index contributed by atoms with van der Waals surface area (Å²) in [5.74, 6) is -0.324. The van der Waals surface area contributed by atoms with Crippen LogP contribution in [0.4, 0.5) is 0 Å².